The molecule has 0 saturated heterocycles. The van der Waals surface area contributed by atoms with Gasteiger partial charge in [-0.2, -0.15) is 0 Å². The van der Waals surface area contributed by atoms with Crippen LogP contribution < -0.4 is 9.62 Å². The Morgan fingerprint density at radius 2 is 1.52 bits per heavy atom. The van der Waals surface area contributed by atoms with E-state index in [2.05, 4.69) is 21.2 Å². The molecule has 0 saturated carbocycles. The van der Waals surface area contributed by atoms with Gasteiger partial charge in [-0.1, -0.05) is 95.5 Å². The maximum Gasteiger partial charge on any atom is 0.264 e. The van der Waals surface area contributed by atoms with Gasteiger partial charge >= 0.3 is 0 Å². The third-order valence-electron chi connectivity index (χ3n) is 8.01. The van der Waals surface area contributed by atoms with E-state index in [1.807, 2.05) is 88.4 Å². The number of halogens is 1. The quantitative estimate of drug-likeness (QED) is 0.142. The number of sulfonamides is 1. The molecule has 4 rings (SSSR count). The number of unbranched alkanes of at least 4 members (excludes halogenated alkanes) is 1. The lowest BCUT2D eigenvalue weighted by atomic mass is 10.0. The van der Waals surface area contributed by atoms with Gasteiger partial charge in [0, 0.05) is 24.0 Å². The van der Waals surface area contributed by atoms with Crippen molar-refractivity contribution in [2.24, 2.45) is 0 Å². The first-order valence-corrected chi connectivity index (χ1v) is 17.7. The Hall–Kier alpha value is -3.95. The van der Waals surface area contributed by atoms with Gasteiger partial charge in [-0.3, -0.25) is 13.9 Å². The van der Waals surface area contributed by atoms with Gasteiger partial charge in [-0.05, 0) is 85.8 Å². The van der Waals surface area contributed by atoms with Crippen LogP contribution in [0.2, 0.25) is 0 Å². The van der Waals surface area contributed by atoms with E-state index in [1.54, 1.807) is 36.4 Å². The van der Waals surface area contributed by atoms with E-state index >= 15 is 0 Å². The van der Waals surface area contributed by atoms with Crippen LogP contribution in [0.25, 0.3) is 0 Å². The van der Waals surface area contributed by atoms with E-state index in [4.69, 9.17) is 0 Å². The summed E-state index contributed by atoms with van der Waals surface area (Å²) in [6.07, 6.45) is 1.98. The number of amides is 2. The summed E-state index contributed by atoms with van der Waals surface area (Å²) >= 11 is 3.52. The van der Waals surface area contributed by atoms with Crippen LogP contribution in [0.3, 0.4) is 0 Å². The molecule has 0 radical (unpaired) electrons. The minimum Gasteiger partial charge on any atom is -0.354 e. The van der Waals surface area contributed by atoms with Crippen molar-refractivity contribution in [1.82, 2.24) is 10.2 Å². The second kappa shape index (κ2) is 16.1. The molecule has 7 nitrogen and oxygen atoms in total. The van der Waals surface area contributed by atoms with Crippen molar-refractivity contribution in [1.29, 1.82) is 0 Å². The highest BCUT2D eigenvalue weighted by molar-refractivity contribution is 9.10. The van der Waals surface area contributed by atoms with Gasteiger partial charge in [0.25, 0.3) is 10.0 Å². The molecule has 0 aromatic heterocycles. The molecule has 2 amide bonds. The zero-order chi connectivity index (χ0) is 33.3. The number of benzene rings is 4. The molecule has 0 aliphatic carbocycles. The molecule has 4 aromatic carbocycles. The summed E-state index contributed by atoms with van der Waals surface area (Å²) in [5.41, 5.74) is 4.91. The third kappa shape index (κ3) is 9.07. The number of rotatable bonds is 14. The van der Waals surface area contributed by atoms with Crippen LogP contribution in [0.15, 0.2) is 106 Å². The summed E-state index contributed by atoms with van der Waals surface area (Å²) in [7, 11) is -4.15. The minimum absolute atomic E-state index is 0.0841. The first-order valence-electron chi connectivity index (χ1n) is 15.5. The van der Waals surface area contributed by atoms with E-state index in [9.17, 15) is 18.0 Å². The second-order valence-electron chi connectivity index (χ2n) is 11.6. The summed E-state index contributed by atoms with van der Waals surface area (Å²) in [6, 6.07) is 28.2. The van der Waals surface area contributed by atoms with E-state index in [1.165, 1.54) is 4.90 Å². The number of nitrogens with one attached hydrogen (secondary N) is 1. The van der Waals surface area contributed by atoms with Gasteiger partial charge in [0.15, 0.2) is 0 Å². The van der Waals surface area contributed by atoms with Crippen LogP contribution in [0.4, 0.5) is 5.69 Å². The summed E-state index contributed by atoms with van der Waals surface area (Å²) < 4.78 is 30.5. The first-order chi connectivity index (χ1) is 22.0. The Balaban J connectivity index is 1.81. The molecule has 1 atom stereocenters. The number of hydrogen-bond donors (Lipinski definition) is 1. The number of nitrogens with zero attached hydrogens (tertiary/aromatic N) is 2. The zero-order valence-corrected chi connectivity index (χ0v) is 29.3. The fourth-order valence-electron chi connectivity index (χ4n) is 5.14. The van der Waals surface area contributed by atoms with E-state index in [0.29, 0.717) is 12.2 Å². The summed E-state index contributed by atoms with van der Waals surface area (Å²) in [4.78, 5) is 30.1. The predicted octanol–water partition coefficient (Wildman–Crippen LogP) is 7.13. The Morgan fingerprint density at radius 3 is 2.17 bits per heavy atom. The molecule has 0 bridgehead atoms. The smallest absolute Gasteiger partial charge is 0.264 e. The molecule has 0 unspecified atom stereocenters. The number of anilines is 1. The van der Waals surface area contributed by atoms with Crippen molar-refractivity contribution in [2.45, 2.75) is 64.4 Å². The van der Waals surface area contributed by atoms with Crippen LogP contribution in [0, 0.1) is 20.8 Å². The van der Waals surface area contributed by atoms with Gasteiger partial charge in [0.2, 0.25) is 11.8 Å². The van der Waals surface area contributed by atoms with Crippen LogP contribution in [-0.2, 0) is 32.6 Å². The topological polar surface area (TPSA) is 86.8 Å². The molecule has 242 valence electrons. The highest BCUT2D eigenvalue weighted by Gasteiger charge is 2.34. The van der Waals surface area contributed by atoms with Crippen molar-refractivity contribution < 1.29 is 18.0 Å². The normalized spacial score (nSPS) is 11.9. The average molecular weight is 705 g/mol. The minimum atomic E-state index is -4.15. The molecule has 0 aliphatic rings. The van der Waals surface area contributed by atoms with Crippen molar-refractivity contribution in [3.63, 3.8) is 0 Å². The Labute approximate surface area is 281 Å². The van der Waals surface area contributed by atoms with Crippen LogP contribution in [0.1, 0.15) is 47.6 Å². The molecule has 46 heavy (non-hydrogen) atoms. The summed E-state index contributed by atoms with van der Waals surface area (Å²) in [6.45, 7) is 7.91. The molecule has 0 aliphatic heterocycles. The first kappa shape index (κ1) is 34.9. The van der Waals surface area contributed by atoms with E-state index in [-0.39, 0.29) is 23.8 Å². The van der Waals surface area contributed by atoms with Crippen LogP contribution >= 0.6 is 15.9 Å². The Kier molecular flexibility index (Phi) is 12.2. The number of carbonyl (C=O) groups is 2. The molecule has 0 spiro atoms. The lowest BCUT2D eigenvalue weighted by Crippen LogP contribution is -2.53. The predicted molar refractivity (Wildman–Crippen MR) is 188 cm³/mol. The molecular weight excluding hydrogens is 662 g/mol. The second-order valence-corrected chi connectivity index (χ2v) is 14.4. The molecule has 0 fully saturated rings. The lowest BCUT2D eigenvalue weighted by molar-refractivity contribution is -0.140. The van der Waals surface area contributed by atoms with Gasteiger partial charge in [-0.25, -0.2) is 8.42 Å². The maximum atomic E-state index is 14.6. The summed E-state index contributed by atoms with van der Waals surface area (Å²) in [5.74, 6) is -0.764. The third-order valence-corrected chi connectivity index (χ3v) is 10.3. The van der Waals surface area contributed by atoms with Gasteiger partial charge in [0.05, 0.1) is 10.6 Å². The highest BCUT2D eigenvalue weighted by atomic mass is 79.9. The van der Waals surface area contributed by atoms with Gasteiger partial charge in [0.1, 0.15) is 12.6 Å². The SMILES string of the molecule is CCCCNC(=O)[C@@H](Cc1ccccc1)N(Cc1cccc(Br)c1)C(=O)CN(c1ccc(C)c(C)c1)S(=O)(=O)c1ccc(C)cc1. The monoisotopic (exact) mass is 703 g/mol. The van der Waals surface area contributed by atoms with E-state index in [0.717, 1.165) is 49.4 Å². The molecular formula is C37H42BrN3O4S. The van der Waals surface area contributed by atoms with Crippen LogP contribution in [-0.4, -0.2) is 44.3 Å². The van der Waals surface area contributed by atoms with Crippen molar-refractivity contribution in [2.75, 3.05) is 17.4 Å². The Morgan fingerprint density at radius 1 is 0.826 bits per heavy atom. The van der Waals surface area contributed by atoms with Crippen LogP contribution in [0.5, 0.6) is 0 Å². The molecule has 1 N–H and O–H groups in total. The molecule has 4 aromatic rings. The van der Waals surface area contributed by atoms with Gasteiger partial charge in [-0.15, -0.1) is 0 Å². The number of carbonyl (C=O) groups excluding carboxylic acids is 2. The van der Waals surface area contributed by atoms with Crippen molar-refractivity contribution in [3.05, 3.63) is 129 Å². The van der Waals surface area contributed by atoms with E-state index < -0.39 is 28.5 Å². The fourth-order valence-corrected chi connectivity index (χ4v) is 6.99. The standard InChI is InChI=1S/C37H42BrN3O4S/c1-5-6-21-39-37(43)35(24-30-11-8-7-9-12-30)40(25-31-13-10-14-32(38)23-31)36(42)26-41(33-18-17-28(3)29(4)22-33)46(44,45)34-19-15-27(2)16-20-34/h7-20,22-23,35H,5-6,21,24-26H2,1-4H3,(H,39,43)/t35-/m1/s1. The maximum absolute atomic E-state index is 14.6. The molecule has 0 heterocycles. The van der Waals surface area contributed by atoms with Crippen molar-refractivity contribution in [3.8, 4) is 0 Å². The summed E-state index contributed by atoms with van der Waals surface area (Å²) in [5, 5.41) is 3.02. The highest BCUT2D eigenvalue weighted by Crippen LogP contribution is 2.27. The fraction of sp³-hybridized carbons (Fsp3) is 0.297. The van der Waals surface area contributed by atoms with Gasteiger partial charge < -0.3 is 10.2 Å². The largest absolute Gasteiger partial charge is 0.354 e. The van der Waals surface area contributed by atoms with Crippen molar-refractivity contribution >= 4 is 43.5 Å². The zero-order valence-electron chi connectivity index (χ0n) is 26.9. The number of aryl methyl sites for hydroxylation is 3. The lowest BCUT2D eigenvalue weighted by Gasteiger charge is -2.34. The Bertz CT molecular complexity index is 1740. The number of hydrogen-bond acceptors (Lipinski definition) is 4. The molecule has 9 heteroatoms. The average Bonchev–Trinajstić information content (AvgIpc) is 3.03.